The predicted octanol–water partition coefficient (Wildman–Crippen LogP) is 2.42. The Labute approximate surface area is 101 Å². The normalized spacial score (nSPS) is 24.9. The summed E-state index contributed by atoms with van der Waals surface area (Å²) in [6, 6.07) is 4.25. The molecule has 0 bridgehead atoms. The molecule has 1 atom stereocenters. The number of rotatable bonds is 4. The molecule has 0 aliphatic carbocycles. The number of ketones is 1. The van der Waals surface area contributed by atoms with Crippen molar-refractivity contribution in [2.75, 3.05) is 13.1 Å². The first kappa shape index (κ1) is 11.8. The Kier molecular flexibility index (Phi) is 3.45. The number of Topliss-reactive ketones (excluding diaryl/α,β-unsaturated/α-hetero) is 1. The molecule has 16 heavy (non-hydrogen) atoms. The van der Waals surface area contributed by atoms with E-state index in [0.717, 1.165) is 25.9 Å². The molecule has 3 heteroatoms. The lowest BCUT2D eigenvalue weighted by molar-refractivity contribution is -0.126. The molecule has 2 rings (SSSR count). The van der Waals surface area contributed by atoms with Crippen molar-refractivity contribution in [3.63, 3.8) is 0 Å². The van der Waals surface area contributed by atoms with E-state index in [4.69, 9.17) is 0 Å². The van der Waals surface area contributed by atoms with Crippen molar-refractivity contribution in [1.82, 2.24) is 5.32 Å². The smallest absolute Gasteiger partial charge is 0.145 e. The van der Waals surface area contributed by atoms with E-state index in [-0.39, 0.29) is 5.41 Å². The molecule has 0 amide bonds. The molecular formula is C13H19NOS. The minimum Gasteiger partial charge on any atom is -0.316 e. The van der Waals surface area contributed by atoms with Crippen molar-refractivity contribution in [1.29, 1.82) is 0 Å². The van der Waals surface area contributed by atoms with Gasteiger partial charge in [0.05, 0.1) is 0 Å². The van der Waals surface area contributed by atoms with Crippen LogP contribution in [0.15, 0.2) is 12.1 Å². The molecule has 1 aromatic rings. The monoisotopic (exact) mass is 237 g/mol. The highest BCUT2D eigenvalue weighted by Gasteiger charge is 2.35. The van der Waals surface area contributed by atoms with Crippen molar-refractivity contribution in [2.45, 2.75) is 33.1 Å². The fourth-order valence-corrected chi connectivity index (χ4v) is 3.09. The second-order valence-electron chi connectivity index (χ2n) is 4.81. The lowest BCUT2D eigenvalue weighted by Crippen LogP contribution is -2.31. The van der Waals surface area contributed by atoms with Crippen LogP contribution in [0.1, 0.15) is 30.0 Å². The second-order valence-corrected chi connectivity index (χ2v) is 6.06. The quantitative estimate of drug-likeness (QED) is 0.871. The van der Waals surface area contributed by atoms with Gasteiger partial charge in [0.2, 0.25) is 0 Å². The zero-order valence-electron chi connectivity index (χ0n) is 10.0. The average Bonchev–Trinajstić information content (AvgIpc) is 2.88. The number of nitrogens with one attached hydrogen (secondary N) is 1. The second kappa shape index (κ2) is 4.68. The Morgan fingerprint density at radius 3 is 2.81 bits per heavy atom. The lowest BCUT2D eigenvalue weighted by atomic mass is 9.83. The van der Waals surface area contributed by atoms with E-state index in [1.165, 1.54) is 9.75 Å². The van der Waals surface area contributed by atoms with Gasteiger partial charge in [0, 0.05) is 28.1 Å². The van der Waals surface area contributed by atoms with Gasteiger partial charge in [-0.15, -0.1) is 11.3 Å². The molecular weight excluding hydrogens is 218 g/mol. The summed E-state index contributed by atoms with van der Waals surface area (Å²) in [5.74, 6) is 0.391. The number of carbonyl (C=O) groups excluding carboxylic acids is 1. The highest BCUT2D eigenvalue weighted by molar-refractivity contribution is 7.12. The first-order valence-electron chi connectivity index (χ1n) is 5.96. The predicted molar refractivity (Wildman–Crippen MR) is 68.0 cm³/mol. The van der Waals surface area contributed by atoms with Crippen molar-refractivity contribution < 1.29 is 4.79 Å². The topological polar surface area (TPSA) is 29.1 Å². The van der Waals surface area contributed by atoms with Crippen molar-refractivity contribution in [2.24, 2.45) is 5.41 Å². The minimum atomic E-state index is -0.129. The molecule has 0 saturated carbocycles. The molecule has 1 aliphatic rings. The van der Waals surface area contributed by atoms with Gasteiger partial charge in [-0.05, 0) is 31.5 Å². The molecule has 0 spiro atoms. The van der Waals surface area contributed by atoms with Gasteiger partial charge in [-0.3, -0.25) is 4.79 Å². The Hall–Kier alpha value is -0.670. The van der Waals surface area contributed by atoms with Gasteiger partial charge >= 0.3 is 0 Å². The minimum absolute atomic E-state index is 0.129. The van der Waals surface area contributed by atoms with Crippen LogP contribution in [-0.4, -0.2) is 18.9 Å². The van der Waals surface area contributed by atoms with E-state index in [1.54, 1.807) is 11.3 Å². The van der Waals surface area contributed by atoms with Gasteiger partial charge in [0.25, 0.3) is 0 Å². The molecule has 1 unspecified atom stereocenters. The first-order chi connectivity index (χ1) is 7.64. The summed E-state index contributed by atoms with van der Waals surface area (Å²) < 4.78 is 0. The Morgan fingerprint density at radius 1 is 1.50 bits per heavy atom. The molecule has 0 aromatic carbocycles. The van der Waals surface area contributed by atoms with Crippen LogP contribution in [-0.2, 0) is 17.6 Å². The van der Waals surface area contributed by atoms with Gasteiger partial charge < -0.3 is 5.32 Å². The molecule has 1 N–H and O–H groups in total. The lowest BCUT2D eigenvalue weighted by Gasteiger charge is -2.20. The van der Waals surface area contributed by atoms with E-state index in [9.17, 15) is 4.79 Å². The third-order valence-corrected chi connectivity index (χ3v) is 4.67. The highest BCUT2D eigenvalue weighted by Crippen LogP contribution is 2.28. The fourth-order valence-electron chi connectivity index (χ4n) is 2.13. The number of hydrogen-bond acceptors (Lipinski definition) is 3. The zero-order valence-corrected chi connectivity index (χ0v) is 10.8. The highest BCUT2D eigenvalue weighted by atomic mass is 32.1. The van der Waals surface area contributed by atoms with Crippen molar-refractivity contribution >= 4 is 17.1 Å². The van der Waals surface area contributed by atoms with E-state index in [0.29, 0.717) is 12.2 Å². The van der Waals surface area contributed by atoms with Crippen LogP contribution in [0.25, 0.3) is 0 Å². The maximum Gasteiger partial charge on any atom is 0.145 e. The number of aryl methyl sites for hydroxylation is 1. The molecule has 1 aliphatic heterocycles. The van der Waals surface area contributed by atoms with Crippen LogP contribution in [0.4, 0.5) is 0 Å². The molecule has 1 fully saturated rings. The molecule has 1 aromatic heterocycles. The third kappa shape index (κ3) is 2.36. The van der Waals surface area contributed by atoms with Crippen LogP contribution in [0, 0.1) is 5.41 Å². The molecule has 2 nitrogen and oxygen atoms in total. The van der Waals surface area contributed by atoms with Crippen LogP contribution in [0.2, 0.25) is 0 Å². The SMILES string of the molecule is CCc1ccc(CC(=O)C2(C)CCNC2)s1. The van der Waals surface area contributed by atoms with Crippen molar-refractivity contribution in [3.8, 4) is 0 Å². The van der Waals surface area contributed by atoms with Crippen LogP contribution >= 0.6 is 11.3 Å². The number of thiophene rings is 1. The Balaban J connectivity index is 2.01. The van der Waals surface area contributed by atoms with Gasteiger partial charge in [0.1, 0.15) is 5.78 Å². The summed E-state index contributed by atoms with van der Waals surface area (Å²) in [6.07, 6.45) is 2.67. The van der Waals surface area contributed by atoms with Gasteiger partial charge in [-0.25, -0.2) is 0 Å². The first-order valence-corrected chi connectivity index (χ1v) is 6.77. The van der Waals surface area contributed by atoms with E-state index in [1.807, 2.05) is 0 Å². The third-order valence-electron chi connectivity index (χ3n) is 3.44. The van der Waals surface area contributed by atoms with E-state index >= 15 is 0 Å². The summed E-state index contributed by atoms with van der Waals surface area (Å²) in [5.41, 5.74) is -0.129. The largest absolute Gasteiger partial charge is 0.316 e. The Morgan fingerprint density at radius 2 is 2.25 bits per heavy atom. The van der Waals surface area contributed by atoms with Crippen molar-refractivity contribution in [3.05, 3.63) is 21.9 Å². The average molecular weight is 237 g/mol. The maximum absolute atomic E-state index is 12.2. The van der Waals surface area contributed by atoms with E-state index in [2.05, 4.69) is 31.3 Å². The summed E-state index contributed by atoms with van der Waals surface area (Å²) in [6.45, 7) is 6.06. The van der Waals surface area contributed by atoms with Crippen LogP contribution in [0.3, 0.4) is 0 Å². The van der Waals surface area contributed by atoms with Gasteiger partial charge in [-0.2, -0.15) is 0 Å². The molecule has 0 radical (unpaired) electrons. The number of hydrogen-bond donors (Lipinski definition) is 1. The summed E-state index contributed by atoms with van der Waals surface area (Å²) >= 11 is 1.78. The molecule has 88 valence electrons. The molecule has 1 saturated heterocycles. The van der Waals surface area contributed by atoms with Crippen LogP contribution in [0.5, 0.6) is 0 Å². The zero-order chi connectivity index (χ0) is 11.6. The standard InChI is InChI=1S/C13H19NOS/c1-3-10-4-5-11(16-10)8-12(15)13(2)6-7-14-9-13/h4-5,14H,3,6-9H2,1-2H3. The molecule has 2 heterocycles. The Bertz CT molecular complexity index is 377. The van der Waals surface area contributed by atoms with E-state index < -0.39 is 0 Å². The summed E-state index contributed by atoms with van der Waals surface area (Å²) in [4.78, 5) is 14.8. The summed E-state index contributed by atoms with van der Waals surface area (Å²) in [7, 11) is 0. The van der Waals surface area contributed by atoms with Gasteiger partial charge in [0.15, 0.2) is 0 Å². The number of carbonyl (C=O) groups is 1. The van der Waals surface area contributed by atoms with Crippen LogP contribution < -0.4 is 5.32 Å². The summed E-state index contributed by atoms with van der Waals surface area (Å²) in [5, 5.41) is 3.28. The van der Waals surface area contributed by atoms with Gasteiger partial charge in [-0.1, -0.05) is 13.8 Å². The maximum atomic E-state index is 12.2. The fraction of sp³-hybridized carbons (Fsp3) is 0.615.